The minimum Gasteiger partial charge on any atom is -0.346 e. The first-order valence-electron chi connectivity index (χ1n) is 5.15. The molecule has 0 aliphatic rings. The van der Waals surface area contributed by atoms with E-state index in [1.165, 1.54) is 6.33 Å². The Morgan fingerprint density at radius 1 is 1.39 bits per heavy atom. The van der Waals surface area contributed by atoms with Gasteiger partial charge in [0, 0.05) is 14.8 Å². The molecule has 92 valence electrons. The van der Waals surface area contributed by atoms with Crippen molar-refractivity contribution in [3.05, 3.63) is 56.6 Å². The summed E-state index contributed by atoms with van der Waals surface area (Å²) in [6, 6.07) is 6.97. The van der Waals surface area contributed by atoms with Crippen molar-refractivity contribution in [1.82, 2.24) is 15.3 Å². The van der Waals surface area contributed by atoms with Crippen LogP contribution in [0.2, 0.25) is 5.02 Å². The summed E-state index contributed by atoms with van der Waals surface area (Å²) in [4.78, 5) is 19.8. The van der Waals surface area contributed by atoms with Crippen molar-refractivity contribution >= 4 is 40.1 Å². The predicted octanol–water partition coefficient (Wildman–Crippen LogP) is 2.66. The molecule has 0 fully saturated rings. The Bertz CT molecular complexity index is 563. The average molecular weight is 374 g/mol. The Morgan fingerprint density at radius 2 is 2.22 bits per heavy atom. The molecule has 1 N–H and O–H groups in total. The summed E-state index contributed by atoms with van der Waals surface area (Å²) in [7, 11) is 0. The van der Waals surface area contributed by atoms with Gasteiger partial charge in [-0.25, -0.2) is 9.97 Å². The van der Waals surface area contributed by atoms with Crippen molar-refractivity contribution in [3.63, 3.8) is 0 Å². The summed E-state index contributed by atoms with van der Waals surface area (Å²) < 4.78 is 0.859. The highest BCUT2D eigenvalue weighted by atomic mass is 127. The third-order valence-electron chi connectivity index (χ3n) is 2.25. The van der Waals surface area contributed by atoms with Gasteiger partial charge in [-0.1, -0.05) is 11.6 Å². The maximum atomic E-state index is 12.0. The highest BCUT2D eigenvalue weighted by molar-refractivity contribution is 14.1. The molecule has 1 heterocycles. The van der Waals surface area contributed by atoms with Gasteiger partial charge in [0.1, 0.15) is 6.33 Å². The number of benzene rings is 1. The van der Waals surface area contributed by atoms with E-state index in [1.54, 1.807) is 24.4 Å². The third kappa shape index (κ3) is 3.39. The monoisotopic (exact) mass is 373 g/mol. The van der Waals surface area contributed by atoms with Gasteiger partial charge in [-0.05, 0) is 46.9 Å². The molecule has 0 aliphatic heterocycles. The molecule has 0 aliphatic carbocycles. The zero-order valence-corrected chi connectivity index (χ0v) is 12.1. The van der Waals surface area contributed by atoms with Crippen LogP contribution in [-0.4, -0.2) is 15.9 Å². The standard InChI is InChI=1S/C12H9ClIN3O/c13-8-1-2-11(14)10(5-8)12(18)16-6-9-3-4-15-7-17-9/h1-5,7H,6H2,(H,16,18). The van der Waals surface area contributed by atoms with E-state index in [9.17, 15) is 4.79 Å². The van der Waals surface area contributed by atoms with Gasteiger partial charge < -0.3 is 5.32 Å². The van der Waals surface area contributed by atoms with E-state index in [2.05, 4.69) is 37.9 Å². The number of carbonyl (C=O) groups excluding carboxylic acids is 1. The predicted molar refractivity (Wildman–Crippen MR) is 77.4 cm³/mol. The lowest BCUT2D eigenvalue weighted by atomic mass is 10.2. The summed E-state index contributed by atoms with van der Waals surface area (Å²) in [5.41, 5.74) is 1.33. The molecule has 0 atom stereocenters. The van der Waals surface area contributed by atoms with Gasteiger partial charge in [0.2, 0.25) is 0 Å². The van der Waals surface area contributed by atoms with Gasteiger partial charge >= 0.3 is 0 Å². The largest absolute Gasteiger partial charge is 0.346 e. The van der Waals surface area contributed by atoms with Crippen molar-refractivity contribution in [1.29, 1.82) is 0 Å². The Hall–Kier alpha value is -1.21. The molecule has 2 aromatic rings. The number of nitrogens with one attached hydrogen (secondary N) is 1. The second kappa shape index (κ2) is 6.10. The van der Waals surface area contributed by atoms with Crippen LogP contribution in [0.5, 0.6) is 0 Å². The number of amides is 1. The SMILES string of the molecule is O=C(NCc1ccncn1)c1cc(Cl)ccc1I. The van der Waals surface area contributed by atoms with E-state index in [-0.39, 0.29) is 5.91 Å². The highest BCUT2D eigenvalue weighted by Crippen LogP contribution is 2.17. The quantitative estimate of drug-likeness (QED) is 0.842. The molecule has 0 unspecified atom stereocenters. The smallest absolute Gasteiger partial charge is 0.252 e. The van der Waals surface area contributed by atoms with Crippen LogP contribution >= 0.6 is 34.2 Å². The van der Waals surface area contributed by atoms with Crippen LogP contribution in [0.15, 0.2) is 36.8 Å². The fourth-order valence-corrected chi connectivity index (χ4v) is 2.11. The van der Waals surface area contributed by atoms with Crippen LogP contribution in [0.4, 0.5) is 0 Å². The molecule has 0 spiro atoms. The van der Waals surface area contributed by atoms with Crippen molar-refractivity contribution < 1.29 is 4.79 Å². The highest BCUT2D eigenvalue weighted by Gasteiger charge is 2.10. The zero-order chi connectivity index (χ0) is 13.0. The van der Waals surface area contributed by atoms with Gasteiger partial charge in [0.05, 0.1) is 17.8 Å². The first-order valence-corrected chi connectivity index (χ1v) is 6.60. The molecule has 0 saturated heterocycles. The van der Waals surface area contributed by atoms with Crippen LogP contribution in [0.25, 0.3) is 0 Å². The number of aromatic nitrogens is 2. The fourth-order valence-electron chi connectivity index (χ4n) is 1.36. The number of hydrogen-bond donors (Lipinski definition) is 1. The molecule has 0 saturated carbocycles. The van der Waals surface area contributed by atoms with Crippen molar-refractivity contribution in [2.45, 2.75) is 6.54 Å². The molecule has 6 heteroatoms. The number of hydrogen-bond acceptors (Lipinski definition) is 3. The molecule has 18 heavy (non-hydrogen) atoms. The van der Waals surface area contributed by atoms with E-state index >= 15 is 0 Å². The number of nitrogens with zero attached hydrogens (tertiary/aromatic N) is 2. The lowest BCUT2D eigenvalue weighted by Gasteiger charge is -2.06. The summed E-state index contributed by atoms with van der Waals surface area (Å²) in [6.45, 7) is 0.365. The topological polar surface area (TPSA) is 54.9 Å². The summed E-state index contributed by atoms with van der Waals surface area (Å²) >= 11 is 7.98. The molecule has 0 bridgehead atoms. The molecule has 1 aromatic heterocycles. The summed E-state index contributed by atoms with van der Waals surface area (Å²) in [6.07, 6.45) is 3.09. The molecular weight excluding hydrogens is 365 g/mol. The fraction of sp³-hybridized carbons (Fsp3) is 0.0833. The van der Waals surface area contributed by atoms with E-state index in [0.717, 1.165) is 9.26 Å². The Balaban J connectivity index is 2.06. The lowest BCUT2D eigenvalue weighted by Crippen LogP contribution is -2.24. The van der Waals surface area contributed by atoms with Crippen LogP contribution in [0.1, 0.15) is 16.1 Å². The molecule has 0 radical (unpaired) electrons. The average Bonchev–Trinajstić information content (AvgIpc) is 2.40. The second-order valence-electron chi connectivity index (χ2n) is 3.51. The van der Waals surface area contributed by atoms with E-state index in [1.807, 2.05) is 6.07 Å². The van der Waals surface area contributed by atoms with Gasteiger partial charge in [-0.15, -0.1) is 0 Å². The van der Waals surface area contributed by atoms with Gasteiger partial charge in [-0.3, -0.25) is 4.79 Å². The van der Waals surface area contributed by atoms with Crippen molar-refractivity contribution in [2.75, 3.05) is 0 Å². The zero-order valence-electron chi connectivity index (χ0n) is 9.23. The van der Waals surface area contributed by atoms with Gasteiger partial charge in [-0.2, -0.15) is 0 Å². The van der Waals surface area contributed by atoms with E-state index < -0.39 is 0 Å². The molecule has 2 rings (SSSR count). The van der Waals surface area contributed by atoms with Crippen LogP contribution in [0, 0.1) is 3.57 Å². The second-order valence-corrected chi connectivity index (χ2v) is 5.11. The lowest BCUT2D eigenvalue weighted by molar-refractivity contribution is 0.0949. The van der Waals surface area contributed by atoms with E-state index in [0.29, 0.717) is 17.1 Å². The summed E-state index contributed by atoms with van der Waals surface area (Å²) in [5.74, 6) is -0.166. The van der Waals surface area contributed by atoms with Crippen LogP contribution in [0.3, 0.4) is 0 Å². The minimum atomic E-state index is -0.166. The Morgan fingerprint density at radius 3 is 2.94 bits per heavy atom. The first-order chi connectivity index (χ1) is 8.66. The molecule has 4 nitrogen and oxygen atoms in total. The maximum Gasteiger partial charge on any atom is 0.252 e. The Labute approximate surface area is 123 Å². The van der Waals surface area contributed by atoms with Crippen molar-refractivity contribution in [2.24, 2.45) is 0 Å². The van der Waals surface area contributed by atoms with E-state index in [4.69, 9.17) is 11.6 Å². The molecule has 1 amide bonds. The Kier molecular flexibility index (Phi) is 4.48. The first kappa shape index (κ1) is 13.2. The number of halogens is 2. The third-order valence-corrected chi connectivity index (χ3v) is 3.42. The number of rotatable bonds is 3. The summed E-state index contributed by atoms with van der Waals surface area (Å²) in [5, 5.41) is 3.33. The maximum absolute atomic E-state index is 12.0. The van der Waals surface area contributed by atoms with Crippen LogP contribution < -0.4 is 5.32 Å². The van der Waals surface area contributed by atoms with Gasteiger partial charge in [0.15, 0.2) is 0 Å². The molecule has 1 aromatic carbocycles. The van der Waals surface area contributed by atoms with Crippen molar-refractivity contribution in [3.8, 4) is 0 Å². The minimum absolute atomic E-state index is 0.166. The van der Waals surface area contributed by atoms with Gasteiger partial charge in [0.25, 0.3) is 5.91 Å². The number of carbonyl (C=O) groups is 1. The molecular formula is C12H9ClIN3O. The normalized spacial score (nSPS) is 10.1. The van der Waals surface area contributed by atoms with Crippen LogP contribution in [-0.2, 0) is 6.54 Å².